The highest BCUT2D eigenvalue weighted by Gasteiger charge is 2.34. The summed E-state index contributed by atoms with van der Waals surface area (Å²) in [6, 6.07) is 0. The first-order valence-electron chi connectivity index (χ1n) is 7.26. The Balaban J connectivity index is 2.22. The molecule has 1 heterocycles. The highest BCUT2D eigenvalue weighted by Crippen LogP contribution is 2.36. The summed E-state index contributed by atoms with van der Waals surface area (Å²) in [7, 11) is 1.61. The van der Waals surface area contributed by atoms with Crippen molar-refractivity contribution in [2.24, 2.45) is 0 Å². The number of nitrogens with one attached hydrogen (secondary N) is 2. The van der Waals surface area contributed by atoms with E-state index in [2.05, 4.69) is 27.5 Å². The molecule has 1 saturated carbocycles. The Morgan fingerprint density at radius 3 is 2.60 bits per heavy atom. The maximum absolute atomic E-state index is 9.69. The third-order valence-corrected chi connectivity index (χ3v) is 3.80. The van der Waals surface area contributed by atoms with Gasteiger partial charge >= 0.3 is 0 Å². The Bertz CT molecular complexity index is 433. The number of rotatable bonds is 7. The maximum atomic E-state index is 9.69. The number of aromatic nitrogens is 2. The van der Waals surface area contributed by atoms with Gasteiger partial charge in [0, 0.05) is 6.54 Å². The van der Waals surface area contributed by atoms with Crippen LogP contribution < -0.4 is 15.4 Å². The SMILES string of the molecule is CCCNc1ncnc(NC2(CO)CCCC2)c1OC. The maximum Gasteiger partial charge on any atom is 0.204 e. The lowest BCUT2D eigenvalue weighted by Crippen LogP contribution is -2.39. The monoisotopic (exact) mass is 280 g/mol. The van der Waals surface area contributed by atoms with Crippen molar-refractivity contribution >= 4 is 11.6 Å². The summed E-state index contributed by atoms with van der Waals surface area (Å²) in [5.74, 6) is 1.95. The van der Waals surface area contributed by atoms with Crippen molar-refractivity contribution in [2.75, 3.05) is 30.9 Å². The third kappa shape index (κ3) is 3.12. The van der Waals surface area contributed by atoms with Crippen LogP contribution in [0.5, 0.6) is 5.75 Å². The Morgan fingerprint density at radius 2 is 2.00 bits per heavy atom. The smallest absolute Gasteiger partial charge is 0.204 e. The van der Waals surface area contributed by atoms with Gasteiger partial charge in [0.1, 0.15) is 6.33 Å². The van der Waals surface area contributed by atoms with Gasteiger partial charge in [-0.25, -0.2) is 9.97 Å². The van der Waals surface area contributed by atoms with E-state index in [0.29, 0.717) is 17.4 Å². The molecule has 0 amide bonds. The average molecular weight is 280 g/mol. The van der Waals surface area contributed by atoms with Crippen molar-refractivity contribution in [3.63, 3.8) is 0 Å². The third-order valence-electron chi connectivity index (χ3n) is 3.80. The topological polar surface area (TPSA) is 79.3 Å². The van der Waals surface area contributed by atoms with E-state index in [1.807, 2.05) is 0 Å². The second-order valence-electron chi connectivity index (χ2n) is 5.30. The lowest BCUT2D eigenvalue weighted by molar-refractivity contribution is 0.213. The molecule has 6 nitrogen and oxygen atoms in total. The molecular weight excluding hydrogens is 256 g/mol. The van der Waals surface area contributed by atoms with E-state index >= 15 is 0 Å². The second kappa shape index (κ2) is 6.74. The van der Waals surface area contributed by atoms with Crippen LogP contribution in [0.25, 0.3) is 0 Å². The molecule has 0 unspecified atom stereocenters. The first kappa shape index (κ1) is 14.8. The largest absolute Gasteiger partial charge is 0.490 e. The number of anilines is 2. The molecule has 1 aromatic heterocycles. The summed E-state index contributed by atoms with van der Waals surface area (Å²) >= 11 is 0. The Morgan fingerprint density at radius 1 is 1.30 bits per heavy atom. The summed E-state index contributed by atoms with van der Waals surface area (Å²) in [5, 5.41) is 16.3. The summed E-state index contributed by atoms with van der Waals surface area (Å²) in [4.78, 5) is 8.50. The highest BCUT2D eigenvalue weighted by molar-refractivity contribution is 5.64. The van der Waals surface area contributed by atoms with Crippen molar-refractivity contribution in [2.45, 2.75) is 44.6 Å². The number of hydrogen-bond donors (Lipinski definition) is 3. The number of aliphatic hydroxyl groups is 1. The van der Waals surface area contributed by atoms with Crippen molar-refractivity contribution in [3.05, 3.63) is 6.33 Å². The molecule has 0 atom stereocenters. The van der Waals surface area contributed by atoms with Crippen LogP contribution in [-0.2, 0) is 0 Å². The van der Waals surface area contributed by atoms with E-state index in [-0.39, 0.29) is 12.1 Å². The normalized spacial score (nSPS) is 16.9. The summed E-state index contributed by atoms with van der Waals surface area (Å²) in [6.07, 6.45) is 6.69. The van der Waals surface area contributed by atoms with Crippen molar-refractivity contribution < 1.29 is 9.84 Å². The van der Waals surface area contributed by atoms with Crippen LogP contribution in [0, 0.1) is 0 Å². The number of nitrogens with zero attached hydrogens (tertiary/aromatic N) is 2. The predicted molar refractivity (Wildman–Crippen MR) is 79.3 cm³/mol. The van der Waals surface area contributed by atoms with E-state index in [4.69, 9.17) is 4.74 Å². The van der Waals surface area contributed by atoms with Crippen LogP contribution in [-0.4, -0.2) is 40.9 Å². The number of aliphatic hydroxyl groups excluding tert-OH is 1. The molecule has 0 saturated heterocycles. The zero-order valence-corrected chi connectivity index (χ0v) is 12.3. The minimum Gasteiger partial charge on any atom is -0.490 e. The van der Waals surface area contributed by atoms with Crippen LogP contribution in [0.2, 0.25) is 0 Å². The molecule has 1 fully saturated rings. The minimum atomic E-state index is -0.274. The van der Waals surface area contributed by atoms with E-state index in [9.17, 15) is 5.11 Å². The van der Waals surface area contributed by atoms with Gasteiger partial charge in [-0.05, 0) is 19.3 Å². The minimum absolute atomic E-state index is 0.109. The van der Waals surface area contributed by atoms with Crippen molar-refractivity contribution in [3.8, 4) is 5.75 Å². The summed E-state index contributed by atoms with van der Waals surface area (Å²) in [5.41, 5.74) is -0.274. The van der Waals surface area contributed by atoms with E-state index < -0.39 is 0 Å². The zero-order valence-electron chi connectivity index (χ0n) is 12.3. The standard InChI is InChI=1S/C14H24N4O2/c1-3-8-15-12-11(20-2)13(17-10-16-12)18-14(9-19)6-4-5-7-14/h10,19H,3-9H2,1-2H3,(H2,15,16,17,18). The molecule has 2 rings (SSSR count). The molecule has 3 N–H and O–H groups in total. The molecule has 0 spiro atoms. The first-order valence-corrected chi connectivity index (χ1v) is 7.26. The molecule has 6 heteroatoms. The summed E-state index contributed by atoms with van der Waals surface area (Å²) in [6.45, 7) is 3.04. The Kier molecular flexibility index (Phi) is 5.00. The molecule has 1 aliphatic carbocycles. The molecule has 112 valence electrons. The molecule has 1 aliphatic rings. The lowest BCUT2D eigenvalue weighted by atomic mass is 9.99. The number of hydrogen-bond acceptors (Lipinski definition) is 6. The molecular formula is C14H24N4O2. The fraction of sp³-hybridized carbons (Fsp3) is 0.714. The van der Waals surface area contributed by atoms with Crippen LogP contribution in [0.15, 0.2) is 6.33 Å². The van der Waals surface area contributed by atoms with Crippen molar-refractivity contribution in [1.29, 1.82) is 0 Å². The van der Waals surface area contributed by atoms with Crippen molar-refractivity contribution in [1.82, 2.24) is 9.97 Å². The fourth-order valence-electron chi connectivity index (χ4n) is 2.65. The van der Waals surface area contributed by atoms with E-state index in [1.54, 1.807) is 7.11 Å². The van der Waals surface area contributed by atoms with Gasteiger partial charge in [-0.1, -0.05) is 19.8 Å². The zero-order chi connectivity index (χ0) is 14.4. The van der Waals surface area contributed by atoms with Crippen LogP contribution in [0.4, 0.5) is 11.6 Å². The van der Waals surface area contributed by atoms with Gasteiger partial charge in [-0.15, -0.1) is 0 Å². The van der Waals surface area contributed by atoms with Gasteiger partial charge in [-0.3, -0.25) is 0 Å². The van der Waals surface area contributed by atoms with Gasteiger partial charge in [0.15, 0.2) is 11.6 Å². The van der Waals surface area contributed by atoms with E-state index in [1.165, 1.54) is 6.33 Å². The predicted octanol–water partition coefficient (Wildman–Crippen LogP) is 2.02. The highest BCUT2D eigenvalue weighted by atomic mass is 16.5. The molecule has 0 bridgehead atoms. The molecule has 0 aromatic carbocycles. The quantitative estimate of drug-likeness (QED) is 0.709. The average Bonchev–Trinajstić information content (AvgIpc) is 2.94. The molecule has 0 aliphatic heterocycles. The number of methoxy groups -OCH3 is 1. The van der Waals surface area contributed by atoms with Crippen LogP contribution >= 0.6 is 0 Å². The molecule has 0 radical (unpaired) electrons. The van der Waals surface area contributed by atoms with Gasteiger partial charge in [-0.2, -0.15) is 0 Å². The van der Waals surface area contributed by atoms with Gasteiger partial charge < -0.3 is 20.5 Å². The Labute approximate surface area is 120 Å². The van der Waals surface area contributed by atoms with Gasteiger partial charge in [0.2, 0.25) is 5.75 Å². The second-order valence-corrected chi connectivity index (χ2v) is 5.30. The summed E-state index contributed by atoms with van der Waals surface area (Å²) < 4.78 is 5.44. The van der Waals surface area contributed by atoms with E-state index in [0.717, 1.165) is 38.6 Å². The van der Waals surface area contributed by atoms with Gasteiger partial charge in [0.25, 0.3) is 0 Å². The first-order chi connectivity index (χ1) is 9.74. The van der Waals surface area contributed by atoms with Crippen LogP contribution in [0.3, 0.4) is 0 Å². The lowest BCUT2D eigenvalue weighted by Gasteiger charge is -2.29. The fourth-order valence-corrected chi connectivity index (χ4v) is 2.65. The number of ether oxygens (including phenoxy) is 1. The molecule has 1 aromatic rings. The molecule has 20 heavy (non-hydrogen) atoms. The van der Waals surface area contributed by atoms with Crippen LogP contribution in [0.1, 0.15) is 39.0 Å². The Hall–Kier alpha value is -1.56. The van der Waals surface area contributed by atoms with Gasteiger partial charge in [0.05, 0.1) is 19.3 Å².